The number of aliphatic hydroxyl groups is 1. The fraction of sp³-hybridized carbons (Fsp3) is 1.00. The summed E-state index contributed by atoms with van der Waals surface area (Å²) >= 11 is 2.10. The zero-order valence-electron chi connectivity index (χ0n) is 9.91. The summed E-state index contributed by atoms with van der Waals surface area (Å²) in [5.74, 6) is 1.27. The molecule has 0 unspecified atom stereocenters. The summed E-state index contributed by atoms with van der Waals surface area (Å²) in [6.07, 6.45) is 4.39. The monoisotopic (exact) mass is 229 g/mol. The van der Waals surface area contributed by atoms with Crippen LogP contribution in [0.4, 0.5) is 0 Å². The zero-order chi connectivity index (χ0) is 10.9. The van der Waals surface area contributed by atoms with Gasteiger partial charge in [-0.2, -0.15) is 11.8 Å². The van der Waals surface area contributed by atoms with Crippen molar-refractivity contribution in [2.24, 2.45) is 0 Å². The van der Waals surface area contributed by atoms with Gasteiger partial charge >= 0.3 is 0 Å². The van der Waals surface area contributed by atoms with Gasteiger partial charge in [-0.3, -0.25) is 4.90 Å². The lowest BCUT2D eigenvalue weighted by atomic mass is 9.91. The first-order valence-electron chi connectivity index (χ1n) is 6.13. The summed E-state index contributed by atoms with van der Waals surface area (Å²) in [4.78, 5) is 2.66. The molecule has 1 heterocycles. The van der Waals surface area contributed by atoms with E-state index in [2.05, 4.69) is 30.5 Å². The number of aliphatic hydroxyl groups excluding tert-OH is 1. The van der Waals surface area contributed by atoms with Crippen LogP contribution in [0.25, 0.3) is 0 Å². The van der Waals surface area contributed by atoms with Gasteiger partial charge in [0.05, 0.1) is 6.10 Å². The van der Waals surface area contributed by atoms with E-state index in [1.165, 1.54) is 31.7 Å². The van der Waals surface area contributed by atoms with Gasteiger partial charge < -0.3 is 5.11 Å². The third kappa shape index (κ3) is 3.11. The topological polar surface area (TPSA) is 23.5 Å². The molecule has 2 fully saturated rings. The van der Waals surface area contributed by atoms with Crippen LogP contribution < -0.4 is 0 Å². The Hall–Kier alpha value is 0.270. The Morgan fingerprint density at radius 1 is 1.20 bits per heavy atom. The molecule has 1 N–H and O–H groups in total. The summed E-state index contributed by atoms with van der Waals surface area (Å²) in [7, 11) is 0. The predicted octanol–water partition coefficient (Wildman–Crippen LogP) is 2.12. The van der Waals surface area contributed by atoms with Gasteiger partial charge in [0.2, 0.25) is 0 Å². The third-order valence-corrected chi connectivity index (χ3v) is 4.94. The van der Waals surface area contributed by atoms with Crippen LogP contribution in [-0.2, 0) is 0 Å². The first kappa shape index (κ1) is 11.7. The van der Waals surface area contributed by atoms with E-state index in [1.807, 2.05) is 0 Å². The molecule has 1 saturated carbocycles. The Morgan fingerprint density at radius 3 is 2.47 bits per heavy atom. The van der Waals surface area contributed by atoms with Crippen molar-refractivity contribution in [3.8, 4) is 0 Å². The van der Waals surface area contributed by atoms with E-state index < -0.39 is 0 Å². The Kier molecular flexibility index (Phi) is 3.63. The second kappa shape index (κ2) is 4.64. The van der Waals surface area contributed by atoms with Crippen LogP contribution in [0.2, 0.25) is 0 Å². The number of thioether (sulfide) groups is 1. The van der Waals surface area contributed by atoms with Crippen LogP contribution in [0.15, 0.2) is 0 Å². The second-order valence-electron chi connectivity index (χ2n) is 5.54. The third-order valence-electron chi connectivity index (χ3n) is 3.64. The highest BCUT2D eigenvalue weighted by Crippen LogP contribution is 2.33. The van der Waals surface area contributed by atoms with Gasteiger partial charge in [-0.15, -0.1) is 0 Å². The first-order chi connectivity index (χ1) is 7.07. The van der Waals surface area contributed by atoms with Gasteiger partial charge in [0, 0.05) is 29.6 Å². The fourth-order valence-electron chi connectivity index (χ4n) is 2.79. The molecule has 0 radical (unpaired) electrons. The Bertz CT molecular complexity index is 212. The molecule has 88 valence electrons. The molecule has 0 spiro atoms. The normalized spacial score (nSPS) is 37.8. The molecule has 0 aromatic rings. The van der Waals surface area contributed by atoms with Gasteiger partial charge in [-0.1, -0.05) is 0 Å². The Morgan fingerprint density at radius 2 is 1.87 bits per heavy atom. The van der Waals surface area contributed by atoms with Crippen molar-refractivity contribution in [1.82, 2.24) is 4.90 Å². The molecule has 1 saturated heterocycles. The standard InChI is InChI=1S/C12H23NOS/c1-12(2)9-13(7-8-15-12)10-3-5-11(14)6-4-10/h10-11,14H,3-9H2,1-2H3. The Balaban J connectivity index is 1.88. The molecule has 0 bridgehead atoms. The summed E-state index contributed by atoms with van der Waals surface area (Å²) in [6, 6.07) is 0.744. The van der Waals surface area contributed by atoms with Crippen molar-refractivity contribution in [2.75, 3.05) is 18.8 Å². The van der Waals surface area contributed by atoms with Crippen LogP contribution in [0, 0.1) is 0 Å². The van der Waals surface area contributed by atoms with Crippen LogP contribution in [0.1, 0.15) is 39.5 Å². The second-order valence-corrected chi connectivity index (χ2v) is 7.34. The molecular formula is C12H23NOS. The minimum Gasteiger partial charge on any atom is -0.393 e. The number of nitrogens with zero attached hydrogens (tertiary/aromatic N) is 1. The molecule has 15 heavy (non-hydrogen) atoms. The highest BCUT2D eigenvalue weighted by molar-refractivity contribution is 8.00. The van der Waals surface area contributed by atoms with Crippen molar-refractivity contribution < 1.29 is 5.11 Å². The first-order valence-corrected chi connectivity index (χ1v) is 7.11. The SMILES string of the molecule is CC1(C)CN(C2CCC(O)CC2)CCS1. The molecule has 2 nitrogen and oxygen atoms in total. The van der Waals surface area contributed by atoms with Crippen molar-refractivity contribution >= 4 is 11.8 Å². The van der Waals surface area contributed by atoms with Crippen molar-refractivity contribution in [3.63, 3.8) is 0 Å². The van der Waals surface area contributed by atoms with Crippen LogP contribution >= 0.6 is 11.8 Å². The average Bonchev–Trinajstić information content (AvgIpc) is 2.17. The summed E-state index contributed by atoms with van der Waals surface area (Å²) in [6.45, 7) is 7.16. The van der Waals surface area contributed by atoms with Gasteiger partial charge in [0.25, 0.3) is 0 Å². The van der Waals surface area contributed by atoms with Crippen molar-refractivity contribution in [2.45, 2.75) is 56.4 Å². The average molecular weight is 229 g/mol. The van der Waals surface area contributed by atoms with E-state index in [4.69, 9.17) is 0 Å². The van der Waals surface area contributed by atoms with E-state index in [0.717, 1.165) is 18.9 Å². The van der Waals surface area contributed by atoms with Crippen molar-refractivity contribution in [1.29, 1.82) is 0 Å². The zero-order valence-corrected chi connectivity index (χ0v) is 10.7. The summed E-state index contributed by atoms with van der Waals surface area (Å²) in [5, 5.41) is 9.51. The fourth-order valence-corrected chi connectivity index (χ4v) is 3.92. The van der Waals surface area contributed by atoms with E-state index in [1.54, 1.807) is 0 Å². The molecule has 0 amide bonds. The molecular weight excluding hydrogens is 206 g/mol. The highest BCUT2D eigenvalue weighted by Gasteiger charge is 2.32. The minimum absolute atomic E-state index is 0.0200. The Labute approximate surface area is 97.4 Å². The molecule has 0 aromatic carbocycles. The smallest absolute Gasteiger partial charge is 0.0541 e. The van der Waals surface area contributed by atoms with Crippen LogP contribution in [0.5, 0.6) is 0 Å². The number of hydrogen-bond donors (Lipinski definition) is 1. The molecule has 0 aromatic heterocycles. The van der Waals surface area contributed by atoms with Gasteiger partial charge in [-0.05, 0) is 39.5 Å². The van der Waals surface area contributed by atoms with E-state index in [9.17, 15) is 5.11 Å². The quantitative estimate of drug-likeness (QED) is 0.745. The van der Waals surface area contributed by atoms with E-state index in [0.29, 0.717) is 4.75 Å². The maximum Gasteiger partial charge on any atom is 0.0541 e. The summed E-state index contributed by atoms with van der Waals surface area (Å²) in [5.41, 5.74) is 0. The van der Waals surface area contributed by atoms with Gasteiger partial charge in [-0.25, -0.2) is 0 Å². The van der Waals surface area contributed by atoms with Gasteiger partial charge in [0.1, 0.15) is 0 Å². The summed E-state index contributed by atoms with van der Waals surface area (Å²) < 4.78 is 0.425. The van der Waals surface area contributed by atoms with E-state index >= 15 is 0 Å². The maximum absolute atomic E-state index is 9.51. The van der Waals surface area contributed by atoms with Crippen LogP contribution in [0.3, 0.4) is 0 Å². The van der Waals surface area contributed by atoms with Crippen LogP contribution in [-0.4, -0.2) is 45.7 Å². The molecule has 0 atom stereocenters. The maximum atomic E-state index is 9.51. The van der Waals surface area contributed by atoms with Crippen molar-refractivity contribution in [3.05, 3.63) is 0 Å². The molecule has 3 heteroatoms. The predicted molar refractivity (Wildman–Crippen MR) is 66.4 cm³/mol. The number of hydrogen-bond acceptors (Lipinski definition) is 3. The highest BCUT2D eigenvalue weighted by atomic mass is 32.2. The minimum atomic E-state index is -0.0200. The number of rotatable bonds is 1. The molecule has 2 rings (SSSR count). The largest absolute Gasteiger partial charge is 0.393 e. The molecule has 1 aliphatic heterocycles. The van der Waals surface area contributed by atoms with E-state index in [-0.39, 0.29) is 6.10 Å². The van der Waals surface area contributed by atoms with Gasteiger partial charge in [0.15, 0.2) is 0 Å². The molecule has 2 aliphatic rings. The lowest BCUT2D eigenvalue weighted by Crippen LogP contribution is -2.49. The molecule has 1 aliphatic carbocycles. The lowest BCUT2D eigenvalue weighted by Gasteiger charge is -2.43. The lowest BCUT2D eigenvalue weighted by molar-refractivity contribution is 0.0717.